The molecule has 2 heterocycles. The number of hydrogen-bond donors (Lipinski definition) is 0. The van der Waals surface area contributed by atoms with E-state index in [1.54, 1.807) is 36.7 Å². The Kier molecular flexibility index (Phi) is 14.6. The third-order valence-electron chi connectivity index (χ3n) is 5.92. The largest absolute Gasteiger partial charge is 1.00 e. The van der Waals surface area contributed by atoms with Crippen molar-refractivity contribution >= 4 is 23.8 Å². The van der Waals surface area contributed by atoms with Crippen LogP contribution in [0.2, 0.25) is 0 Å². The highest BCUT2D eigenvalue weighted by Gasteiger charge is 2.08. The smallest absolute Gasteiger partial charge is 0.269 e. The van der Waals surface area contributed by atoms with Crippen LogP contribution in [0, 0.1) is 20.2 Å². The van der Waals surface area contributed by atoms with E-state index in [-0.39, 0.29) is 58.6 Å². The molecule has 0 atom stereocenters. The standard InChI is InChI=1S/C29H28N6O6.2BrH/c36-34(37)28-6-1-4-26(18-28)22-40-30-20-24-8-14-32(15-9-24)12-3-13-33-16-10-25(11-17-33)21-31-41-23-27-5-2-7-29(19-27)35(38)39;;/h1-2,4-11,14-21H,3,12-13,22-23H2;2*1H/q+2;;/p-2/b30-20+,31-21+;;. The SMILES string of the molecule is O=[N+]([O-])c1cccc(CO/N=C/c2cc[n+](CCC[n+]3ccc(/C=N/OCc4cccc([N+](=O)[O-])c4)cc3)cc2)c1.[Br-].[Br-]. The molecule has 2 aromatic heterocycles. The van der Waals surface area contributed by atoms with Crippen LogP contribution in [0.4, 0.5) is 11.4 Å². The topological polar surface area (TPSA) is 137 Å². The van der Waals surface area contributed by atoms with Gasteiger partial charge in [-0.2, -0.15) is 0 Å². The van der Waals surface area contributed by atoms with Gasteiger partial charge < -0.3 is 43.6 Å². The normalized spacial score (nSPS) is 10.6. The predicted octanol–water partition coefficient (Wildman–Crippen LogP) is -1.72. The second-order valence-corrected chi connectivity index (χ2v) is 8.96. The molecule has 12 nitrogen and oxygen atoms in total. The summed E-state index contributed by atoms with van der Waals surface area (Å²) in [6.07, 6.45) is 12.0. The van der Waals surface area contributed by atoms with Crippen molar-refractivity contribution in [2.75, 3.05) is 0 Å². The fourth-order valence-electron chi connectivity index (χ4n) is 3.78. The van der Waals surface area contributed by atoms with E-state index in [0.29, 0.717) is 11.1 Å². The number of hydrogen-bond acceptors (Lipinski definition) is 8. The Morgan fingerprint density at radius 2 is 1.05 bits per heavy atom. The van der Waals surface area contributed by atoms with E-state index in [0.717, 1.165) is 30.6 Å². The lowest BCUT2D eigenvalue weighted by molar-refractivity contribution is -0.726. The first kappa shape index (κ1) is 34.6. The van der Waals surface area contributed by atoms with Crippen molar-refractivity contribution in [3.05, 3.63) is 140 Å². The minimum atomic E-state index is -0.441. The molecule has 0 aliphatic rings. The van der Waals surface area contributed by atoms with Gasteiger partial charge in [-0.15, -0.1) is 0 Å². The third-order valence-corrected chi connectivity index (χ3v) is 5.92. The van der Waals surface area contributed by atoms with E-state index < -0.39 is 9.85 Å². The molecule has 0 bridgehead atoms. The summed E-state index contributed by atoms with van der Waals surface area (Å²) in [7, 11) is 0. The molecule has 14 heteroatoms. The van der Waals surface area contributed by atoms with Crippen LogP contribution in [0.5, 0.6) is 0 Å². The zero-order valence-corrected chi connectivity index (χ0v) is 26.0. The summed E-state index contributed by atoms with van der Waals surface area (Å²) in [4.78, 5) is 31.4. The number of halogens is 2. The van der Waals surface area contributed by atoms with Crippen LogP contribution in [0.25, 0.3) is 0 Å². The summed E-state index contributed by atoms with van der Waals surface area (Å²) in [6.45, 7) is 1.96. The molecule has 4 aromatic rings. The summed E-state index contributed by atoms with van der Waals surface area (Å²) in [5.41, 5.74) is 3.14. The maximum Gasteiger partial charge on any atom is 0.269 e. The molecule has 0 spiro atoms. The summed E-state index contributed by atoms with van der Waals surface area (Å²) in [6, 6.07) is 20.3. The van der Waals surface area contributed by atoms with Crippen LogP contribution < -0.4 is 43.1 Å². The Balaban J connectivity index is 0.00000323. The Bertz CT molecular complexity index is 1420. The first-order valence-corrected chi connectivity index (χ1v) is 12.7. The molecule has 0 aliphatic heterocycles. The second kappa shape index (κ2) is 18.1. The van der Waals surface area contributed by atoms with Gasteiger partial charge in [0.05, 0.1) is 28.7 Å². The zero-order valence-electron chi connectivity index (χ0n) is 22.8. The van der Waals surface area contributed by atoms with Crippen LogP contribution in [-0.4, -0.2) is 22.3 Å². The van der Waals surface area contributed by atoms with Crippen LogP contribution in [-0.2, 0) is 36.0 Å². The van der Waals surface area contributed by atoms with Crippen molar-refractivity contribution in [3.8, 4) is 0 Å². The molecule has 2 aromatic carbocycles. The first-order chi connectivity index (χ1) is 20.0. The molecule has 4 rings (SSSR count). The van der Waals surface area contributed by atoms with Gasteiger partial charge in [-0.05, 0) is 11.1 Å². The van der Waals surface area contributed by atoms with Crippen molar-refractivity contribution < 1.29 is 62.6 Å². The maximum atomic E-state index is 10.9. The first-order valence-electron chi connectivity index (χ1n) is 12.7. The minimum Gasteiger partial charge on any atom is -1.00 e. The van der Waals surface area contributed by atoms with Gasteiger partial charge in [0.1, 0.15) is 13.2 Å². The average Bonchev–Trinajstić information content (AvgIpc) is 2.99. The van der Waals surface area contributed by atoms with Crippen LogP contribution in [0.15, 0.2) is 108 Å². The molecule has 43 heavy (non-hydrogen) atoms. The van der Waals surface area contributed by atoms with Crippen molar-refractivity contribution in [2.24, 2.45) is 10.3 Å². The number of nitro groups is 2. The Hall–Kier alpha value is -4.56. The highest BCUT2D eigenvalue weighted by atomic mass is 79.9. The number of aromatic nitrogens is 2. The van der Waals surface area contributed by atoms with E-state index >= 15 is 0 Å². The number of pyridine rings is 2. The summed E-state index contributed by atoms with van der Waals surface area (Å²) >= 11 is 0. The van der Waals surface area contributed by atoms with Crippen molar-refractivity contribution in [1.82, 2.24) is 0 Å². The third kappa shape index (κ3) is 11.7. The summed E-state index contributed by atoms with van der Waals surface area (Å²) in [5, 5.41) is 29.6. The van der Waals surface area contributed by atoms with Crippen molar-refractivity contribution in [2.45, 2.75) is 32.7 Å². The maximum absolute atomic E-state index is 10.9. The average molecular weight is 716 g/mol. The highest BCUT2D eigenvalue weighted by molar-refractivity contribution is 5.78. The van der Waals surface area contributed by atoms with Crippen LogP contribution in [0.3, 0.4) is 0 Å². The van der Waals surface area contributed by atoms with E-state index in [1.807, 2.05) is 49.1 Å². The van der Waals surface area contributed by atoms with Crippen molar-refractivity contribution in [3.63, 3.8) is 0 Å². The van der Waals surface area contributed by atoms with Gasteiger partial charge in [0.2, 0.25) is 0 Å². The van der Waals surface area contributed by atoms with Gasteiger partial charge in [-0.3, -0.25) is 20.2 Å². The van der Waals surface area contributed by atoms with E-state index in [1.165, 1.54) is 24.3 Å². The highest BCUT2D eigenvalue weighted by Crippen LogP contribution is 2.14. The van der Waals surface area contributed by atoms with Crippen LogP contribution >= 0.6 is 0 Å². The predicted molar refractivity (Wildman–Crippen MR) is 149 cm³/mol. The van der Waals surface area contributed by atoms with Gasteiger partial charge in [-0.25, -0.2) is 9.13 Å². The molecule has 0 amide bonds. The number of oxime groups is 2. The summed E-state index contributed by atoms with van der Waals surface area (Å²) < 4.78 is 4.17. The lowest BCUT2D eigenvalue weighted by atomic mass is 10.2. The van der Waals surface area contributed by atoms with Gasteiger partial charge in [0.25, 0.3) is 11.4 Å². The molecule has 0 N–H and O–H groups in total. The number of rotatable bonds is 14. The number of benzene rings is 2. The Morgan fingerprint density at radius 3 is 1.42 bits per heavy atom. The second-order valence-electron chi connectivity index (χ2n) is 8.96. The molecule has 0 fully saturated rings. The zero-order chi connectivity index (χ0) is 28.9. The molecular weight excluding hydrogens is 688 g/mol. The number of nitro benzene ring substituents is 2. The summed E-state index contributed by atoms with van der Waals surface area (Å²) in [5.74, 6) is 0. The molecule has 0 aliphatic carbocycles. The monoisotopic (exact) mass is 714 g/mol. The van der Waals surface area contributed by atoms with Gasteiger partial charge in [0.15, 0.2) is 37.9 Å². The van der Waals surface area contributed by atoms with Crippen LogP contribution in [0.1, 0.15) is 28.7 Å². The molecule has 0 saturated carbocycles. The number of aryl methyl sites for hydroxylation is 2. The Morgan fingerprint density at radius 1 is 0.651 bits per heavy atom. The lowest BCUT2D eigenvalue weighted by Gasteiger charge is -2.00. The Labute approximate surface area is 268 Å². The van der Waals surface area contributed by atoms with Crippen molar-refractivity contribution in [1.29, 1.82) is 0 Å². The molecule has 0 radical (unpaired) electrons. The van der Waals surface area contributed by atoms with E-state index in [4.69, 9.17) is 9.68 Å². The van der Waals surface area contributed by atoms with E-state index in [9.17, 15) is 20.2 Å². The van der Waals surface area contributed by atoms with Gasteiger partial charge >= 0.3 is 0 Å². The fraction of sp³-hybridized carbons (Fsp3) is 0.172. The number of nitrogens with zero attached hydrogens (tertiary/aromatic N) is 6. The van der Waals surface area contributed by atoms with E-state index in [2.05, 4.69) is 19.4 Å². The quantitative estimate of drug-likeness (QED) is 0.0660. The fourth-order valence-corrected chi connectivity index (χ4v) is 3.78. The van der Waals surface area contributed by atoms with Gasteiger partial charge in [0, 0.05) is 59.7 Å². The van der Waals surface area contributed by atoms with Gasteiger partial charge in [-0.1, -0.05) is 34.6 Å². The molecular formula is C29H28Br2N6O6. The number of non-ortho nitro benzene ring substituents is 2. The minimum absolute atomic E-state index is 0. The lowest BCUT2D eigenvalue weighted by Crippen LogP contribution is -3.00. The molecule has 224 valence electrons. The molecule has 0 unspecified atom stereocenters. The molecule has 0 saturated heterocycles.